The monoisotopic (exact) mass is 401 g/mol. The fourth-order valence-corrected chi connectivity index (χ4v) is 4.57. The number of carbonyl (C=O) groups is 2. The van der Waals surface area contributed by atoms with Gasteiger partial charge in [0.25, 0.3) is 5.91 Å². The van der Waals surface area contributed by atoms with Crippen molar-refractivity contribution in [2.75, 3.05) is 13.1 Å². The third-order valence-electron chi connectivity index (χ3n) is 5.18. The van der Waals surface area contributed by atoms with Gasteiger partial charge in [0, 0.05) is 30.6 Å². The number of primary amides is 1. The Kier molecular flexibility index (Phi) is 4.93. The van der Waals surface area contributed by atoms with Gasteiger partial charge in [-0.3, -0.25) is 9.59 Å². The van der Waals surface area contributed by atoms with Crippen molar-refractivity contribution in [2.45, 2.75) is 19.4 Å². The van der Waals surface area contributed by atoms with Crippen molar-refractivity contribution in [3.63, 3.8) is 0 Å². The van der Waals surface area contributed by atoms with E-state index in [2.05, 4.69) is 4.57 Å². The Morgan fingerprint density at radius 3 is 2.52 bits per heavy atom. The number of halogens is 1. The number of amides is 2. The summed E-state index contributed by atoms with van der Waals surface area (Å²) in [7, 11) is 0. The minimum absolute atomic E-state index is 0.00952. The summed E-state index contributed by atoms with van der Waals surface area (Å²) in [6.45, 7) is 1.73. The lowest BCUT2D eigenvalue weighted by Gasteiger charge is -2.30. The van der Waals surface area contributed by atoms with Crippen molar-refractivity contribution < 1.29 is 9.59 Å². The van der Waals surface area contributed by atoms with E-state index in [-0.39, 0.29) is 17.7 Å². The number of carbonyl (C=O) groups excluding carboxylic acids is 2. The molecular weight excluding hydrogens is 382 g/mol. The fourth-order valence-electron chi connectivity index (χ4n) is 3.63. The Labute approximate surface area is 166 Å². The zero-order chi connectivity index (χ0) is 19.0. The van der Waals surface area contributed by atoms with Crippen LogP contribution < -0.4 is 5.73 Å². The van der Waals surface area contributed by atoms with Crippen molar-refractivity contribution in [1.82, 2.24) is 9.47 Å². The first-order valence-electron chi connectivity index (χ1n) is 8.92. The molecule has 1 aliphatic heterocycles. The van der Waals surface area contributed by atoms with Crippen LogP contribution in [0.1, 0.15) is 28.9 Å². The highest BCUT2D eigenvalue weighted by Gasteiger charge is 2.28. The number of nitrogens with two attached hydrogens (primary N) is 1. The largest absolute Gasteiger partial charge is 0.369 e. The van der Waals surface area contributed by atoms with Crippen LogP contribution in [-0.4, -0.2) is 34.4 Å². The average molecular weight is 402 g/mol. The van der Waals surface area contributed by atoms with Crippen LogP contribution in [0.15, 0.2) is 41.8 Å². The number of hydrogen-bond donors (Lipinski definition) is 1. The first kappa shape index (κ1) is 18.1. The van der Waals surface area contributed by atoms with Gasteiger partial charge in [-0.15, -0.1) is 11.3 Å². The number of thiophene rings is 1. The molecule has 2 aromatic heterocycles. The summed E-state index contributed by atoms with van der Waals surface area (Å²) in [5, 5.41) is 2.73. The van der Waals surface area contributed by atoms with E-state index in [0.29, 0.717) is 43.2 Å². The highest BCUT2D eigenvalue weighted by molar-refractivity contribution is 7.17. The van der Waals surface area contributed by atoms with Crippen molar-refractivity contribution in [2.24, 2.45) is 11.7 Å². The third-order valence-corrected chi connectivity index (χ3v) is 6.29. The molecule has 3 heterocycles. The summed E-state index contributed by atoms with van der Waals surface area (Å²) < 4.78 is 3.16. The van der Waals surface area contributed by atoms with Gasteiger partial charge in [-0.1, -0.05) is 23.7 Å². The summed E-state index contributed by atoms with van der Waals surface area (Å²) in [4.78, 5) is 26.4. The molecule has 0 radical (unpaired) electrons. The van der Waals surface area contributed by atoms with Gasteiger partial charge in [-0.25, -0.2) is 0 Å². The number of rotatable bonds is 4. The molecular formula is C20H20ClN3O2S. The molecule has 27 heavy (non-hydrogen) atoms. The Bertz CT molecular complexity index is 984. The topological polar surface area (TPSA) is 68.3 Å². The minimum atomic E-state index is -0.270. The lowest BCUT2D eigenvalue weighted by atomic mass is 9.96. The van der Waals surface area contributed by atoms with E-state index in [1.54, 1.807) is 11.3 Å². The van der Waals surface area contributed by atoms with E-state index in [1.165, 1.54) is 0 Å². The number of fused-ring (bicyclic) bond motifs is 1. The molecule has 3 aromatic rings. The Morgan fingerprint density at radius 2 is 1.85 bits per heavy atom. The molecule has 0 spiro atoms. The van der Waals surface area contributed by atoms with Crippen molar-refractivity contribution in [1.29, 1.82) is 0 Å². The molecule has 2 N–H and O–H groups in total. The van der Waals surface area contributed by atoms with Crippen molar-refractivity contribution in [3.05, 3.63) is 58.1 Å². The van der Waals surface area contributed by atoms with Crippen molar-refractivity contribution >= 4 is 45.0 Å². The van der Waals surface area contributed by atoms with Gasteiger partial charge >= 0.3 is 0 Å². The summed E-state index contributed by atoms with van der Waals surface area (Å²) in [6, 6.07) is 11.7. The smallest absolute Gasteiger partial charge is 0.270 e. The van der Waals surface area contributed by atoms with E-state index in [4.69, 9.17) is 17.3 Å². The molecule has 0 bridgehead atoms. The van der Waals surface area contributed by atoms with E-state index in [0.717, 1.165) is 15.8 Å². The molecule has 7 heteroatoms. The molecule has 5 nitrogen and oxygen atoms in total. The lowest BCUT2D eigenvalue weighted by molar-refractivity contribution is -0.123. The maximum atomic E-state index is 13.2. The Hall–Kier alpha value is -2.31. The third kappa shape index (κ3) is 3.59. The van der Waals surface area contributed by atoms with Crippen LogP contribution in [0.25, 0.3) is 10.2 Å². The maximum Gasteiger partial charge on any atom is 0.270 e. The molecule has 1 fully saturated rings. The predicted molar refractivity (Wildman–Crippen MR) is 108 cm³/mol. The normalized spacial score (nSPS) is 15.4. The number of aromatic nitrogens is 1. The molecule has 1 aromatic carbocycles. The Morgan fingerprint density at radius 1 is 1.15 bits per heavy atom. The number of nitrogens with zero attached hydrogens (tertiary/aromatic N) is 2. The highest BCUT2D eigenvalue weighted by Crippen LogP contribution is 2.28. The first-order valence-corrected chi connectivity index (χ1v) is 10.2. The second kappa shape index (κ2) is 7.37. The van der Waals surface area contributed by atoms with Crippen LogP contribution in [0, 0.1) is 5.92 Å². The van der Waals surface area contributed by atoms with Crippen molar-refractivity contribution in [3.8, 4) is 0 Å². The number of hydrogen-bond acceptors (Lipinski definition) is 3. The molecule has 2 amide bonds. The average Bonchev–Trinajstić information content (AvgIpc) is 3.25. The van der Waals surface area contributed by atoms with E-state index >= 15 is 0 Å². The summed E-state index contributed by atoms with van der Waals surface area (Å²) in [5.41, 5.74) is 8.24. The molecule has 1 aliphatic rings. The maximum absolute atomic E-state index is 13.2. The first-order chi connectivity index (χ1) is 13.0. The highest BCUT2D eigenvalue weighted by atomic mass is 35.5. The van der Waals surface area contributed by atoms with Crippen LogP contribution in [0.2, 0.25) is 5.02 Å². The molecule has 140 valence electrons. The lowest BCUT2D eigenvalue weighted by Crippen LogP contribution is -2.42. The van der Waals surface area contributed by atoms with Crippen LogP contribution in [-0.2, 0) is 11.3 Å². The quantitative estimate of drug-likeness (QED) is 0.723. The van der Waals surface area contributed by atoms with Gasteiger partial charge in [0.05, 0.1) is 10.2 Å². The summed E-state index contributed by atoms with van der Waals surface area (Å²) >= 11 is 7.62. The molecule has 0 atom stereocenters. The standard InChI is InChI=1S/C20H20ClN3O2S/c21-15-3-1-13(2-4-15)12-24-16-7-10-27-18(16)11-17(24)20(26)23-8-5-14(6-9-23)19(22)25/h1-4,7,10-11,14H,5-6,8-9,12H2,(H2,22,25). The molecule has 1 saturated heterocycles. The van der Waals surface area contributed by atoms with Gasteiger partial charge in [-0.05, 0) is 48.1 Å². The minimum Gasteiger partial charge on any atom is -0.369 e. The predicted octanol–water partition coefficient (Wildman–Crippen LogP) is 3.74. The van der Waals surface area contributed by atoms with E-state index in [1.807, 2.05) is 46.7 Å². The fraction of sp³-hybridized carbons (Fsp3) is 0.300. The molecule has 0 saturated carbocycles. The van der Waals surface area contributed by atoms with Gasteiger partial charge in [0.2, 0.25) is 5.91 Å². The summed E-state index contributed by atoms with van der Waals surface area (Å²) in [5.74, 6) is -0.387. The molecule has 0 aliphatic carbocycles. The van der Waals surface area contributed by atoms with E-state index < -0.39 is 0 Å². The number of benzene rings is 1. The number of likely N-dealkylation sites (tertiary alicyclic amines) is 1. The van der Waals surface area contributed by atoms with Gasteiger partial charge in [0.15, 0.2) is 0 Å². The van der Waals surface area contributed by atoms with Gasteiger partial charge < -0.3 is 15.2 Å². The summed E-state index contributed by atoms with van der Waals surface area (Å²) in [6.07, 6.45) is 1.26. The van der Waals surface area contributed by atoms with Gasteiger partial charge in [-0.2, -0.15) is 0 Å². The van der Waals surface area contributed by atoms with Crippen LogP contribution in [0.3, 0.4) is 0 Å². The molecule has 0 unspecified atom stereocenters. The van der Waals surface area contributed by atoms with Crippen LogP contribution in [0.4, 0.5) is 0 Å². The second-order valence-electron chi connectivity index (χ2n) is 6.88. The van der Waals surface area contributed by atoms with E-state index in [9.17, 15) is 9.59 Å². The zero-order valence-electron chi connectivity index (χ0n) is 14.7. The van der Waals surface area contributed by atoms with Gasteiger partial charge in [0.1, 0.15) is 5.69 Å². The van der Waals surface area contributed by atoms with Crippen LogP contribution in [0.5, 0.6) is 0 Å². The second-order valence-corrected chi connectivity index (χ2v) is 8.27. The van der Waals surface area contributed by atoms with Crippen LogP contribution >= 0.6 is 22.9 Å². The zero-order valence-corrected chi connectivity index (χ0v) is 16.3. The number of piperidine rings is 1. The Balaban J connectivity index is 1.61. The molecule has 4 rings (SSSR count). The SMILES string of the molecule is NC(=O)C1CCN(C(=O)c2cc3sccc3n2Cc2ccc(Cl)cc2)CC1.